The van der Waals surface area contributed by atoms with E-state index in [1.807, 2.05) is 67.8 Å². The Kier molecular flexibility index (Phi) is 7.59. The minimum atomic E-state index is -0.222. The summed E-state index contributed by atoms with van der Waals surface area (Å²) >= 11 is 12.1. The minimum Gasteiger partial charge on any atom is -0.506 e. The monoisotopic (exact) mass is 559 g/mol. The molecule has 5 rings (SSSR count). The summed E-state index contributed by atoms with van der Waals surface area (Å²) in [5.74, 6) is 0.0558. The number of aryl methyl sites for hydroxylation is 2. The normalized spacial score (nSPS) is 16.8. The quantitative estimate of drug-likeness (QED) is 0.235. The smallest absolute Gasteiger partial charge is 0.226 e. The molecule has 0 saturated carbocycles. The van der Waals surface area contributed by atoms with E-state index < -0.39 is 0 Å². The molecular weight excluding hydrogens is 530 g/mol. The van der Waals surface area contributed by atoms with Crippen molar-refractivity contribution in [1.29, 1.82) is 0 Å². The Labute approximate surface area is 238 Å². The van der Waals surface area contributed by atoms with Gasteiger partial charge < -0.3 is 25.2 Å². The number of phenols is 1. The van der Waals surface area contributed by atoms with Crippen molar-refractivity contribution in [2.75, 3.05) is 11.9 Å². The van der Waals surface area contributed by atoms with Crippen LogP contribution >= 0.6 is 23.8 Å². The van der Waals surface area contributed by atoms with Gasteiger partial charge in [0, 0.05) is 41.3 Å². The van der Waals surface area contributed by atoms with Crippen LogP contribution in [0, 0.1) is 20.8 Å². The molecule has 7 nitrogen and oxygen atoms in total. The van der Waals surface area contributed by atoms with Gasteiger partial charge >= 0.3 is 0 Å². The number of benzene rings is 2. The molecule has 1 aliphatic rings. The SMILES string of the molecule is Cc1ccccc1NC(=O)CCN1C(=S)N[C@H](c2ccccn2)[C@@H]1c1cc(C)n(-c2cc(Cl)ccc2O)c1C. The number of aromatic hydroxyl groups is 1. The van der Waals surface area contributed by atoms with E-state index in [9.17, 15) is 9.90 Å². The summed E-state index contributed by atoms with van der Waals surface area (Å²) in [6.07, 6.45) is 2.03. The van der Waals surface area contributed by atoms with E-state index in [1.165, 1.54) is 0 Å². The Morgan fingerprint density at radius 2 is 1.87 bits per heavy atom. The summed E-state index contributed by atoms with van der Waals surface area (Å²) in [6, 6.07) is 20.2. The van der Waals surface area contributed by atoms with Crippen molar-refractivity contribution in [3.63, 3.8) is 0 Å². The third-order valence-electron chi connectivity index (χ3n) is 7.16. The van der Waals surface area contributed by atoms with Gasteiger partial charge in [0.15, 0.2) is 5.11 Å². The molecule has 3 N–H and O–H groups in total. The second-order valence-corrected chi connectivity index (χ2v) is 10.6. The van der Waals surface area contributed by atoms with Crippen molar-refractivity contribution in [3.8, 4) is 11.4 Å². The first-order valence-corrected chi connectivity index (χ1v) is 13.5. The fourth-order valence-electron chi connectivity index (χ4n) is 5.27. The number of carbonyl (C=O) groups is 1. The number of para-hydroxylation sites is 1. The number of nitrogens with zero attached hydrogens (tertiary/aromatic N) is 3. The Balaban J connectivity index is 1.50. The van der Waals surface area contributed by atoms with Crippen LogP contribution in [0.4, 0.5) is 5.69 Å². The molecule has 3 heterocycles. The molecule has 1 fully saturated rings. The number of carbonyl (C=O) groups excluding carboxylic acids is 1. The van der Waals surface area contributed by atoms with Gasteiger partial charge in [-0.2, -0.15) is 0 Å². The molecule has 4 aromatic rings. The second kappa shape index (κ2) is 11.1. The Hall–Kier alpha value is -3.88. The fraction of sp³-hybridized carbons (Fsp3) is 0.233. The highest BCUT2D eigenvalue weighted by Gasteiger charge is 2.41. The summed E-state index contributed by atoms with van der Waals surface area (Å²) in [6.45, 7) is 6.40. The van der Waals surface area contributed by atoms with E-state index >= 15 is 0 Å². The standard InChI is InChI=1S/C30H30ClN5O2S/c1-18-8-4-5-9-23(18)33-27(38)13-15-35-29(28(34-30(35)39)24-10-6-7-14-32-24)22-16-19(2)36(20(22)3)25-17-21(31)11-12-26(25)37/h4-12,14,16-17,28-29,37H,13,15H2,1-3H3,(H,33,38)(H,34,39)/t28-,29+/m1/s1. The van der Waals surface area contributed by atoms with Crippen LogP contribution in [0.5, 0.6) is 5.75 Å². The van der Waals surface area contributed by atoms with Crippen LogP contribution in [0.1, 0.15) is 46.7 Å². The molecule has 0 spiro atoms. The van der Waals surface area contributed by atoms with Crippen LogP contribution in [-0.4, -0.2) is 37.1 Å². The van der Waals surface area contributed by atoms with Gasteiger partial charge in [-0.1, -0.05) is 35.9 Å². The predicted molar refractivity (Wildman–Crippen MR) is 159 cm³/mol. The van der Waals surface area contributed by atoms with Gasteiger partial charge in [0.1, 0.15) is 5.75 Å². The van der Waals surface area contributed by atoms with E-state index in [2.05, 4.69) is 26.6 Å². The van der Waals surface area contributed by atoms with Gasteiger partial charge in [-0.15, -0.1) is 0 Å². The number of aromatic nitrogens is 2. The Morgan fingerprint density at radius 3 is 2.62 bits per heavy atom. The zero-order valence-electron chi connectivity index (χ0n) is 22.0. The molecule has 2 aromatic heterocycles. The number of hydrogen-bond donors (Lipinski definition) is 3. The summed E-state index contributed by atoms with van der Waals surface area (Å²) < 4.78 is 2.00. The molecule has 1 amide bonds. The molecule has 2 atom stereocenters. The molecule has 39 heavy (non-hydrogen) atoms. The van der Waals surface area contributed by atoms with Gasteiger partial charge in [-0.25, -0.2) is 0 Å². The second-order valence-electron chi connectivity index (χ2n) is 9.73. The summed E-state index contributed by atoms with van der Waals surface area (Å²) in [7, 11) is 0. The molecule has 1 saturated heterocycles. The van der Waals surface area contributed by atoms with E-state index in [0.29, 0.717) is 22.4 Å². The summed E-state index contributed by atoms with van der Waals surface area (Å²) in [4.78, 5) is 19.6. The molecule has 200 valence electrons. The highest BCUT2D eigenvalue weighted by atomic mass is 35.5. The van der Waals surface area contributed by atoms with Crippen molar-refractivity contribution >= 4 is 40.5 Å². The largest absolute Gasteiger partial charge is 0.506 e. The summed E-state index contributed by atoms with van der Waals surface area (Å²) in [5.41, 5.74) is 6.18. The van der Waals surface area contributed by atoms with Gasteiger partial charge in [-0.3, -0.25) is 9.78 Å². The van der Waals surface area contributed by atoms with Crippen molar-refractivity contribution in [1.82, 2.24) is 19.8 Å². The van der Waals surface area contributed by atoms with Crippen molar-refractivity contribution in [2.24, 2.45) is 0 Å². The van der Waals surface area contributed by atoms with Gasteiger partial charge in [0.05, 0.1) is 23.5 Å². The van der Waals surface area contributed by atoms with E-state index in [1.54, 1.807) is 24.4 Å². The third-order valence-corrected chi connectivity index (χ3v) is 7.75. The number of phenolic OH excluding ortho intramolecular Hbond substituents is 1. The van der Waals surface area contributed by atoms with Crippen LogP contribution < -0.4 is 10.6 Å². The van der Waals surface area contributed by atoms with Crippen LogP contribution in [0.25, 0.3) is 5.69 Å². The summed E-state index contributed by atoms with van der Waals surface area (Å²) in [5, 5.41) is 18.2. The third kappa shape index (κ3) is 5.35. The molecule has 0 unspecified atom stereocenters. The number of anilines is 1. The van der Waals surface area contributed by atoms with Crippen LogP contribution in [0.3, 0.4) is 0 Å². The lowest BCUT2D eigenvalue weighted by Crippen LogP contribution is -2.33. The highest BCUT2D eigenvalue weighted by molar-refractivity contribution is 7.80. The molecule has 1 aliphatic heterocycles. The molecule has 0 bridgehead atoms. The lowest BCUT2D eigenvalue weighted by atomic mass is 9.96. The number of nitrogens with one attached hydrogen (secondary N) is 2. The molecule has 0 radical (unpaired) electrons. The van der Waals surface area contributed by atoms with E-state index in [0.717, 1.165) is 33.9 Å². The number of hydrogen-bond acceptors (Lipinski definition) is 4. The number of rotatable bonds is 7. The van der Waals surface area contributed by atoms with Crippen LogP contribution in [-0.2, 0) is 4.79 Å². The van der Waals surface area contributed by atoms with Gasteiger partial charge in [0.25, 0.3) is 0 Å². The lowest BCUT2D eigenvalue weighted by molar-refractivity contribution is -0.116. The van der Waals surface area contributed by atoms with Gasteiger partial charge in [-0.05, 0) is 86.6 Å². The maximum Gasteiger partial charge on any atom is 0.226 e. The van der Waals surface area contributed by atoms with Crippen molar-refractivity contribution in [3.05, 3.63) is 106 Å². The molecular formula is C30H30ClN5O2S. The first-order valence-electron chi connectivity index (χ1n) is 12.8. The Morgan fingerprint density at radius 1 is 1.10 bits per heavy atom. The minimum absolute atomic E-state index is 0.0820. The molecule has 2 aromatic carbocycles. The van der Waals surface area contributed by atoms with Crippen molar-refractivity contribution < 1.29 is 9.90 Å². The van der Waals surface area contributed by atoms with E-state index in [4.69, 9.17) is 23.8 Å². The van der Waals surface area contributed by atoms with Crippen LogP contribution in [0.15, 0.2) is 72.9 Å². The Bertz CT molecular complexity index is 1540. The molecule has 0 aliphatic carbocycles. The van der Waals surface area contributed by atoms with E-state index in [-0.39, 0.29) is 30.2 Å². The highest BCUT2D eigenvalue weighted by Crippen LogP contribution is 2.42. The first-order chi connectivity index (χ1) is 18.7. The van der Waals surface area contributed by atoms with Gasteiger partial charge in [0.2, 0.25) is 5.91 Å². The number of halogens is 1. The van der Waals surface area contributed by atoms with Crippen molar-refractivity contribution in [2.45, 2.75) is 39.3 Å². The number of amides is 1. The maximum atomic E-state index is 12.9. The fourth-order valence-corrected chi connectivity index (χ4v) is 5.76. The average molecular weight is 560 g/mol. The maximum absolute atomic E-state index is 12.9. The topological polar surface area (TPSA) is 82.4 Å². The number of pyridine rings is 1. The average Bonchev–Trinajstić information content (AvgIpc) is 3.40. The predicted octanol–water partition coefficient (Wildman–Crippen LogP) is 6.16. The first kappa shape index (κ1) is 26.7. The molecule has 9 heteroatoms. The van der Waals surface area contributed by atoms with Crippen LogP contribution in [0.2, 0.25) is 5.02 Å². The number of thiocarbonyl (C=S) groups is 1. The lowest BCUT2D eigenvalue weighted by Gasteiger charge is -2.28. The zero-order valence-corrected chi connectivity index (χ0v) is 23.6. The zero-order chi connectivity index (χ0) is 27.7.